The summed E-state index contributed by atoms with van der Waals surface area (Å²) in [5, 5.41) is 8.53. The molecule has 166 valence electrons. The van der Waals surface area contributed by atoms with Crippen molar-refractivity contribution < 1.29 is 41.0 Å². The topological polar surface area (TPSA) is 46.5 Å². The SMILES string of the molecule is CC(CCCCCCCCCC(=O)O)Oc1cc(C(F)(F)F)cc(C(F)(F)F)c1. The Balaban J connectivity index is 2.44. The van der Waals surface area contributed by atoms with Gasteiger partial charge in [0.05, 0.1) is 17.2 Å². The Morgan fingerprint density at radius 2 is 1.31 bits per heavy atom. The highest BCUT2D eigenvalue weighted by atomic mass is 19.4. The molecule has 1 atom stereocenters. The molecule has 0 amide bonds. The molecule has 0 aliphatic rings. The van der Waals surface area contributed by atoms with Gasteiger partial charge in [0.25, 0.3) is 0 Å². The number of ether oxygens (including phenoxy) is 1. The zero-order chi connectivity index (χ0) is 22.1. The van der Waals surface area contributed by atoms with Crippen molar-refractivity contribution in [1.29, 1.82) is 0 Å². The highest BCUT2D eigenvalue weighted by Gasteiger charge is 2.37. The number of halogens is 6. The predicted molar refractivity (Wildman–Crippen MR) is 95.7 cm³/mol. The Morgan fingerprint density at radius 1 is 0.862 bits per heavy atom. The lowest BCUT2D eigenvalue weighted by atomic mass is 10.1. The normalized spacial score (nSPS) is 13.3. The Bertz CT molecular complexity index is 608. The number of benzene rings is 1. The number of rotatable bonds is 12. The lowest BCUT2D eigenvalue weighted by molar-refractivity contribution is -0.143. The number of unbranched alkanes of at least 4 members (excludes halogenated alkanes) is 6. The highest BCUT2D eigenvalue weighted by Crippen LogP contribution is 2.38. The minimum Gasteiger partial charge on any atom is -0.491 e. The molecule has 1 N–H and O–H groups in total. The van der Waals surface area contributed by atoms with E-state index in [4.69, 9.17) is 9.84 Å². The van der Waals surface area contributed by atoms with Crippen molar-refractivity contribution >= 4 is 5.97 Å². The lowest BCUT2D eigenvalue weighted by Crippen LogP contribution is -2.15. The average Bonchev–Trinajstić information content (AvgIpc) is 2.58. The molecule has 0 saturated carbocycles. The van der Waals surface area contributed by atoms with Gasteiger partial charge in [-0.25, -0.2) is 0 Å². The van der Waals surface area contributed by atoms with E-state index in [-0.39, 0.29) is 12.5 Å². The molecule has 1 aromatic carbocycles. The Morgan fingerprint density at radius 3 is 1.76 bits per heavy atom. The van der Waals surface area contributed by atoms with Crippen molar-refractivity contribution in [2.45, 2.75) is 83.2 Å². The number of aliphatic carboxylic acids is 1. The zero-order valence-electron chi connectivity index (χ0n) is 16.2. The molecule has 0 heterocycles. The molecule has 1 rings (SSSR count). The monoisotopic (exact) mass is 428 g/mol. The Kier molecular flexibility index (Phi) is 9.79. The molecule has 29 heavy (non-hydrogen) atoms. The maximum atomic E-state index is 12.9. The summed E-state index contributed by atoms with van der Waals surface area (Å²) in [5.74, 6) is -1.25. The van der Waals surface area contributed by atoms with Crippen molar-refractivity contribution in [2.24, 2.45) is 0 Å². The van der Waals surface area contributed by atoms with Gasteiger partial charge in [-0.1, -0.05) is 32.1 Å². The number of hydrogen-bond acceptors (Lipinski definition) is 2. The third-order valence-electron chi connectivity index (χ3n) is 4.40. The fraction of sp³-hybridized carbons (Fsp3) is 0.650. The third-order valence-corrected chi connectivity index (χ3v) is 4.40. The first-order valence-electron chi connectivity index (χ1n) is 9.57. The van der Waals surface area contributed by atoms with E-state index < -0.39 is 41.3 Å². The lowest BCUT2D eigenvalue weighted by Gasteiger charge is -2.18. The third kappa shape index (κ3) is 10.4. The van der Waals surface area contributed by atoms with Crippen LogP contribution in [0.5, 0.6) is 5.75 Å². The van der Waals surface area contributed by atoms with Crippen molar-refractivity contribution in [3.05, 3.63) is 29.3 Å². The molecule has 1 unspecified atom stereocenters. The van der Waals surface area contributed by atoms with Crippen LogP contribution in [0.2, 0.25) is 0 Å². The van der Waals surface area contributed by atoms with E-state index in [1.54, 1.807) is 6.92 Å². The van der Waals surface area contributed by atoms with Gasteiger partial charge in [0.1, 0.15) is 5.75 Å². The van der Waals surface area contributed by atoms with Crippen molar-refractivity contribution in [1.82, 2.24) is 0 Å². The first-order chi connectivity index (χ1) is 13.4. The van der Waals surface area contributed by atoms with Crippen LogP contribution in [0.1, 0.15) is 75.8 Å². The van der Waals surface area contributed by atoms with E-state index in [0.29, 0.717) is 25.0 Å². The van der Waals surface area contributed by atoms with Gasteiger partial charge in [-0.3, -0.25) is 4.79 Å². The largest absolute Gasteiger partial charge is 0.491 e. The maximum absolute atomic E-state index is 12.9. The van der Waals surface area contributed by atoms with Crippen LogP contribution >= 0.6 is 0 Å². The summed E-state index contributed by atoms with van der Waals surface area (Å²) in [5.41, 5.74) is -2.78. The van der Waals surface area contributed by atoms with Crippen molar-refractivity contribution in [3.63, 3.8) is 0 Å². The van der Waals surface area contributed by atoms with Gasteiger partial charge in [-0.2, -0.15) is 26.3 Å². The molecule has 1 aromatic rings. The van der Waals surface area contributed by atoms with Crippen molar-refractivity contribution in [2.75, 3.05) is 0 Å². The summed E-state index contributed by atoms with van der Waals surface area (Å²) in [6, 6.07) is 1.25. The molecular weight excluding hydrogens is 402 g/mol. The van der Waals surface area contributed by atoms with Gasteiger partial charge in [0.15, 0.2) is 0 Å². The molecule has 0 spiro atoms. The second-order valence-electron chi connectivity index (χ2n) is 7.08. The second-order valence-corrected chi connectivity index (χ2v) is 7.08. The molecule has 0 aromatic heterocycles. The van der Waals surface area contributed by atoms with Gasteiger partial charge in [0, 0.05) is 6.42 Å². The van der Waals surface area contributed by atoms with Crippen LogP contribution in [0.15, 0.2) is 18.2 Å². The van der Waals surface area contributed by atoms with Crippen LogP contribution in [0.3, 0.4) is 0 Å². The Hall–Kier alpha value is -1.93. The van der Waals surface area contributed by atoms with Gasteiger partial charge >= 0.3 is 18.3 Å². The first-order valence-corrected chi connectivity index (χ1v) is 9.57. The number of carboxylic acid groups (broad SMARTS) is 1. The molecule has 0 radical (unpaired) electrons. The number of carboxylic acids is 1. The van der Waals surface area contributed by atoms with Crippen LogP contribution < -0.4 is 4.74 Å². The van der Waals surface area contributed by atoms with E-state index in [1.807, 2.05) is 0 Å². The van der Waals surface area contributed by atoms with Crippen LogP contribution in [0.25, 0.3) is 0 Å². The van der Waals surface area contributed by atoms with Crippen LogP contribution in [0.4, 0.5) is 26.3 Å². The molecule has 0 aliphatic carbocycles. The number of carbonyl (C=O) groups is 1. The van der Waals surface area contributed by atoms with Gasteiger partial charge in [0.2, 0.25) is 0 Å². The zero-order valence-corrected chi connectivity index (χ0v) is 16.2. The maximum Gasteiger partial charge on any atom is 0.416 e. The minimum absolute atomic E-state index is 0.0774. The summed E-state index contributed by atoms with van der Waals surface area (Å²) >= 11 is 0. The minimum atomic E-state index is -4.90. The summed E-state index contributed by atoms with van der Waals surface area (Å²) < 4.78 is 82.5. The smallest absolute Gasteiger partial charge is 0.416 e. The molecular formula is C20H26F6O3. The summed E-state index contributed by atoms with van der Waals surface area (Å²) in [6.45, 7) is 1.61. The van der Waals surface area contributed by atoms with Crippen LogP contribution in [0, 0.1) is 0 Å². The van der Waals surface area contributed by atoms with Gasteiger partial charge in [-0.15, -0.1) is 0 Å². The van der Waals surface area contributed by atoms with E-state index >= 15 is 0 Å². The fourth-order valence-corrected chi connectivity index (χ4v) is 2.88. The second kappa shape index (κ2) is 11.3. The molecule has 0 aliphatic heterocycles. The van der Waals surface area contributed by atoms with Gasteiger partial charge in [-0.05, 0) is 44.4 Å². The highest BCUT2D eigenvalue weighted by molar-refractivity contribution is 5.66. The van der Waals surface area contributed by atoms with Gasteiger partial charge < -0.3 is 9.84 Å². The quantitative estimate of drug-likeness (QED) is 0.286. The van der Waals surface area contributed by atoms with E-state index in [0.717, 1.165) is 38.5 Å². The molecule has 9 heteroatoms. The summed E-state index contributed by atoms with van der Waals surface area (Å²) in [7, 11) is 0. The standard InChI is InChI=1S/C20H26F6O3/c1-14(9-7-5-3-2-4-6-8-10-18(27)28)29-17-12-15(19(21,22)23)11-16(13-17)20(24,25)26/h11-14H,2-10H2,1H3,(H,27,28). The van der Waals surface area contributed by atoms with Crippen molar-refractivity contribution in [3.8, 4) is 5.75 Å². The number of alkyl halides is 6. The first kappa shape index (κ1) is 25.1. The van der Waals surface area contributed by atoms with E-state index in [9.17, 15) is 31.1 Å². The predicted octanol–water partition coefficient (Wildman–Crippen LogP) is 7.09. The van der Waals surface area contributed by atoms with Crippen LogP contribution in [-0.2, 0) is 17.1 Å². The molecule has 0 bridgehead atoms. The fourth-order valence-electron chi connectivity index (χ4n) is 2.88. The molecule has 3 nitrogen and oxygen atoms in total. The van der Waals surface area contributed by atoms with E-state index in [2.05, 4.69) is 0 Å². The average molecular weight is 428 g/mol. The molecule has 0 fully saturated rings. The Labute approximate surface area is 166 Å². The summed E-state index contributed by atoms with van der Waals surface area (Å²) in [6.07, 6.45) is -3.71. The number of hydrogen-bond donors (Lipinski definition) is 1. The summed E-state index contributed by atoms with van der Waals surface area (Å²) in [4.78, 5) is 10.4. The van der Waals surface area contributed by atoms with Crippen LogP contribution in [-0.4, -0.2) is 17.2 Å². The molecule has 0 saturated heterocycles. The van der Waals surface area contributed by atoms with E-state index in [1.165, 1.54) is 0 Å².